The molecule has 1 N–H and O–H groups in total. The van der Waals surface area contributed by atoms with Crippen LogP contribution in [0.15, 0.2) is 42.5 Å². The third kappa shape index (κ3) is 5.75. The first-order chi connectivity index (χ1) is 15.8. The van der Waals surface area contributed by atoms with Crippen LogP contribution in [-0.4, -0.2) is 67.6 Å². The number of anilines is 1. The molecular formula is C23H24F3N3O4. The second kappa shape index (κ2) is 9.70. The SMILES string of the molecule is O=C(CN1CCN(C(=O)Cc2ccc3c(c2)OCCO3)CC1)Nc1ccccc1C(F)(F)F. The quantitative estimate of drug-likeness (QED) is 0.739. The molecule has 0 saturated carbocycles. The summed E-state index contributed by atoms with van der Waals surface area (Å²) in [5.41, 5.74) is -0.314. The number of benzene rings is 2. The lowest BCUT2D eigenvalue weighted by molar-refractivity contribution is -0.137. The highest BCUT2D eigenvalue weighted by molar-refractivity contribution is 5.93. The van der Waals surface area contributed by atoms with Crippen molar-refractivity contribution in [1.82, 2.24) is 9.80 Å². The fraction of sp³-hybridized carbons (Fsp3) is 0.391. The van der Waals surface area contributed by atoms with Gasteiger partial charge in [0.2, 0.25) is 11.8 Å². The smallest absolute Gasteiger partial charge is 0.418 e. The monoisotopic (exact) mass is 463 g/mol. The van der Waals surface area contributed by atoms with Gasteiger partial charge in [0.1, 0.15) is 13.2 Å². The molecule has 2 aliphatic rings. The number of para-hydroxylation sites is 1. The Kier molecular flexibility index (Phi) is 6.73. The zero-order chi connectivity index (χ0) is 23.4. The number of ether oxygens (including phenoxy) is 2. The van der Waals surface area contributed by atoms with Crippen LogP contribution in [0, 0.1) is 0 Å². The Bertz CT molecular complexity index is 1020. The molecule has 4 rings (SSSR count). The van der Waals surface area contributed by atoms with Gasteiger partial charge in [-0.1, -0.05) is 18.2 Å². The van der Waals surface area contributed by atoms with Crippen molar-refractivity contribution in [2.75, 3.05) is 51.3 Å². The number of carbonyl (C=O) groups is 2. The Balaban J connectivity index is 1.26. The Morgan fingerprint density at radius 2 is 1.64 bits per heavy atom. The van der Waals surface area contributed by atoms with E-state index < -0.39 is 17.6 Å². The van der Waals surface area contributed by atoms with Crippen LogP contribution in [0.5, 0.6) is 11.5 Å². The van der Waals surface area contributed by atoms with E-state index in [-0.39, 0.29) is 24.6 Å². The summed E-state index contributed by atoms with van der Waals surface area (Å²) in [6.07, 6.45) is -4.32. The van der Waals surface area contributed by atoms with Gasteiger partial charge < -0.3 is 19.7 Å². The minimum absolute atomic E-state index is 0.0325. The average Bonchev–Trinajstić information content (AvgIpc) is 2.79. The van der Waals surface area contributed by atoms with E-state index in [1.54, 1.807) is 11.0 Å². The van der Waals surface area contributed by atoms with Crippen molar-refractivity contribution < 1.29 is 32.2 Å². The van der Waals surface area contributed by atoms with Gasteiger partial charge in [-0.15, -0.1) is 0 Å². The first kappa shape index (κ1) is 22.9. The van der Waals surface area contributed by atoms with Crippen LogP contribution in [0.1, 0.15) is 11.1 Å². The number of nitrogens with one attached hydrogen (secondary N) is 1. The van der Waals surface area contributed by atoms with E-state index in [1.165, 1.54) is 18.2 Å². The molecule has 1 fully saturated rings. The minimum Gasteiger partial charge on any atom is -0.486 e. The van der Waals surface area contributed by atoms with Crippen molar-refractivity contribution in [2.45, 2.75) is 12.6 Å². The fourth-order valence-electron chi connectivity index (χ4n) is 3.87. The van der Waals surface area contributed by atoms with E-state index in [4.69, 9.17) is 9.47 Å². The Morgan fingerprint density at radius 3 is 2.36 bits per heavy atom. The number of rotatable bonds is 5. The molecule has 0 spiro atoms. The van der Waals surface area contributed by atoms with E-state index in [0.717, 1.165) is 11.6 Å². The lowest BCUT2D eigenvalue weighted by atomic mass is 10.1. The van der Waals surface area contributed by atoms with Crippen molar-refractivity contribution in [3.05, 3.63) is 53.6 Å². The Hall–Kier alpha value is -3.27. The van der Waals surface area contributed by atoms with Gasteiger partial charge in [0.25, 0.3) is 0 Å². The second-order valence-electron chi connectivity index (χ2n) is 7.90. The number of halogens is 3. The summed E-state index contributed by atoms with van der Waals surface area (Å²) < 4.78 is 50.4. The van der Waals surface area contributed by atoms with E-state index in [0.29, 0.717) is 50.9 Å². The summed E-state index contributed by atoms with van der Waals surface area (Å²) in [5.74, 6) is 0.745. The predicted molar refractivity (Wildman–Crippen MR) is 114 cm³/mol. The van der Waals surface area contributed by atoms with Crippen molar-refractivity contribution in [2.24, 2.45) is 0 Å². The molecule has 0 radical (unpaired) electrons. The van der Waals surface area contributed by atoms with Crippen LogP contribution in [0.3, 0.4) is 0 Å². The first-order valence-electron chi connectivity index (χ1n) is 10.6. The van der Waals surface area contributed by atoms with Crippen LogP contribution in [-0.2, 0) is 22.2 Å². The van der Waals surface area contributed by atoms with Crippen LogP contribution in [0.2, 0.25) is 0 Å². The van der Waals surface area contributed by atoms with Gasteiger partial charge in [-0.3, -0.25) is 14.5 Å². The number of carbonyl (C=O) groups excluding carboxylic acids is 2. The van der Waals surface area contributed by atoms with Gasteiger partial charge in [0.15, 0.2) is 11.5 Å². The number of amides is 2. The Morgan fingerprint density at radius 1 is 0.939 bits per heavy atom. The summed E-state index contributed by atoms with van der Waals surface area (Å²) in [4.78, 5) is 28.5. The zero-order valence-corrected chi connectivity index (χ0v) is 17.9. The molecule has 176 valence electrons. The molecule has 1 saturated heterocycles. The van der Waals surface area contributed by atoms with Gasteiger partial charge in [0, 0.05) is 26.2 Å². The maximum absolute atomic E-state index is 13.1. The fourth-order valence-corrected chi connectivity index (χ4v) is 3.87. The normalized spacial score (nSPS) is 16.4. The van der Waals surface area contributed by atoms with Crippen LogP contribution in [0.4, 0.5) is 18.9 Å². The van der Waals surface area contributed by atoms with Gasteiger partial charge in [-0.2, -0.15) is 13.2 Å². The zero-order valence-electron chi connectivity index (χ0n) is 17.9. The molecule has 2 amide bonds. The second-order valence-corrected chi connectivity index (χ2v) is 7.90. The van der Waals surface area contributed by atoms with Crippen molar-refractivity contribution >= 4 is 17.5 Å². The Labute approximate surface area is 189 Å². The molecule has 0 aromatic heterocycles. The number of fused-ring (bicyclic) bond motifs is 1. The maximum Gasteiger partial charge on any atom is 0.418 e. The third-order valence-corrected chi connectivity index (χ3v) is 5.56. The minimum atomic E-state index is -4.55. The highest BCUT2D eigenvalue weighted by Gasteiger charge is 2.33. The summed E-state index contributed by atoms with van der Waals surface area (Å²) in [7, 11) is 0. The highest BCUT2D eigenvalue weighted by Crippen LogP contribution is 2.34. The lowest BCUT2D eigenvalue weighted by Crippen LogP contribution is -2.50. The topological polar surface area (TPSA) is 71.1 Å². The lowest BCUT2D eigenvalue weighted by Gasteiger charge is -2.34. The van der Waals surface area contributed by atoms with Gasteiger partial charge in [0.05, 0.1) is 24.2 Å². The first-order valence-corrected chi connectivity index (χ1v) is 10.6. The molecule has 7 nitrogen and oxygen atoms in total. The molecule has 2 aromatic rings. The van der Waals surface area contributed by atoms with E-state index >= 15 is 0 Å². The molecule has 33 heavy (non-hydrogen) atoms. The highest BCUT2D eigenvalue weighted by atomic mass is 19.4. The molecule has 0 unspecified atom stereocenters. The summed E-state index contributed by atoms with van der Waals surface area (Å²) in [6, 6.07) is 10.3. The standard InChI is InChI=1S/C23H24F3N3O4/c24-23(25,26)17-3-1-2-4-18(17)27-21(30)15-28-7-9-29(10-8-28)22(31)14-16-5-6-19-20(13-16)33-12-11-32-19/h1-6,13H,7-12,14-15H2,(H,27,30). The van der Waals surface area contributed by atoms with Crippen molar-refractivity contribution in [3.8, 4) is 11.5 Å². The largest absolute Gasteiger partial charge is 0.486 e. The number of hydrogen-bond donors (Lipinski definition) is 1. The summed E-state index contributed by atoms with van der Waals surface area (Å²) in [6.45, 7) is 2.73. The van der Waals surface area contributed by atoms with Crippen molar-refractivity contribution in [3.63, 3.8) is 0 Å². The summed E-state index contributed by atoms with van der Waals surface area (Å²) in [5, 5.41) is 2.35. The molecule has 2 heterocycles. The molecule has 0 atom stereocenters. The number of alkyl halides is 3. The van der Waals surface area contributed by atoms with Crippen LogP contribution in [0.25, 0.3) is 0 Å². The molecule has 2 aliphatic heterocycles. The maximum atomic E-state index is 13.1. The van der Waals surface area contributed by atoms with Gasteiger partial charge in [-0.05, 0) is 29.8 Å². The number of piperazine rings is 1. The average molecular weight is 463 g/mol. The van der Waals surface area contributed by atoms with Gasteiger partial charge in [-0.25, -0.2) is 0 Å². The van der Waals surface area contributed by atoms with E-state index in [9.17, 15) is 22.8 Å². The molecule has 0 bridgehead atoms. The molecule has 0 aliphatic carbocycles. The summed E-state index contributed by atoms with van der Waals surface area (Å²) >= 11 is 0. The predicted octanol–water partition coefficient (Wildman–Crippen LogP) is 2.80. The van der Waals surface area contributed by atoms with Crippen molar-refractivity contribution in [1.29, 1.82) is 0 Å². The molecular weight excluding hydrogens is 439 g/mol. The van der Waals surface area contributed by atoms with E-state index in [2.05, 4.69) is 5.32 Å². The third-order valence-electron chi connectivity index (χ3n) is 5.56. The molecule has 2 aromatic carbocycles. The number of hydrogen-bond acceptors (Lipinski definition) is 5. The van der Waals surface area contributed by atoms with E-state index in [1.807, 2.05) is 17.0 Å². The van der Waals surface area contributed by atoms with Gasteiger partial charge >= 0.3 is 6.18 Å². The van der Waals surface area contributed by atoms with Crippen LogP contribution >= 0.6 is 0 Å². The molecule has 10 heteroatoms. The number of nitrogens with zero attached hydrogens (tertiary/aromatic N) is 2. The van der Waals surface area contributed by atoms with Crippen LogP contribution < -0.4 is 14.8 Å².